The Balaban J connectivity index is 1.92. The minimum atomic E-state index is 0.380. The predicted octanol–water partition coefficient (Wildman–Crippen LogP) is 2.91. The molecule has 1 aliphatic heterocycles. The summed E-state index contributed by atoms with van der Waals surface area (Å²) in [5, 5.41) is 9.41. The van der Waals surface area contributed by atoms with Crippen molar-refractivity contribution >= 4 is 0 Å². The van der Waals surface area contributed by atoms with Crippen molar-refractivity contribution in [3.05, 3.63) is 29.8 Å². The summed E-state index contributed by atoms with van der Waals surface area (Å²) in [4.78, 5) is 2.53. The second kappa shape index (κ2) is 4.02. The molecule has 1 N–H and O–H groups in total. The van der Waals surface area contributed by atoms with Crippen molar-refractivity contribution in [3.63, 3.8) is 0 Å². The highest BCUT2D eigenvalue weighted by Crippen LogP contribution is 2.46. The Bertz CT molecular complexity index is 400. The van der Waals surface area contributed by atoms with Crippen LogP contribution in [0, 0.1) is 0 Å². The van der Waals surface area contributed by atoms with Gasteiger partial charge < -0.3 is 10.0 Å². The Labute approximate surface area is 103 Å². The monoisotopic (exact) mass is 231 g/mol. The van der Waals surface area contributed by atoms with Crippen LogP contribution in [0.4, 0.5) is 0 Å². The summed E-state index contributed by atoms with van der Waals surface area (Å²) in [6, 6.07) is 8.70. The Morgan fingerprint density at radius 1 is 1.24 bits per heavy atom. The molecule has 1 saturated carbocycles. The molecule has 2 aliphatic rings. The van der Waals surface area contributed by atoms with Crippen LogP contribution < -0.4 is 0 Å². The molecule has 3 rings (SSSR count). The first kappa shape index (κ1) is 11.1. The lowest BCUT2D eigenvalue weighted by Gasteiger charge is -2.49. The second-order valence-corrected chi connectivity index (χ2v) is 5.81. The molecule has 0 aromatic heterocycles. The van der Waals surface area contributed by atoms with Crippen LogP contribution in [-0.2, 0) is 5.41 Å². The molecule has 2 atom stereocenters. The number of hydrogen-bond acceptors (Lipinski definition) is 2. The topological polar surface area (TPSA) is 23.5 Å². The number of rotatable bonds is 1. The van der Waals surface area contributed by atoms with Crippen molar-refractivity contribution in [3.8, 4) is 5.75 Å². The molecule has 2 fully saturated rings. The quantitative estimate of drug-likeness (QED) is 0.803. The van der Waals surface area contributed by atoms with Crippen molar-refractivity contribution < 1.29 is 5.11 Å². The first-order chi connectivity index (χ1) is 8.20. The molecule has 17 heavy (non-hydrogen) atoms. The Kier molecular flexibility index (Phi) is 2.62. The highest BCUT2D eigenvalue weighted by atomic mass is 16.3. The first-order valence-corrected chi connectivity index (χ1v) is 6.69. The summed E-state index contributed by atoms with van der Waals surface area (Å²) < 4.78 is 0. The van der Waals surface area contributed by atoms with E-state index in [1.807, 2.05) is 12.1 Å². The van der Waals surface area contributed by atoms with Crippen molar-refractivity contribution in [1.29, 1.82) is 0 Å². The molecule has 0 radical (unpaired) electrons. The molecule has 2 unspecified atom stereocenters. The van der Waals surface area contributed by atoms with Crippen molar-refractivity contribution in [2.75, 3.05) is 13.6 Å². The number of fused-ring (bicyclic) bond motifs is 2. The van der Waals surface area contributed by atoms with Gasteiger partial charge in [0.05, 0.1) is 0 Å². The molecule has 0 spiro atoms. The van der Waals surface area contributed by atoms with Crippen LogP contribution in [0.3, 0.4) is 0 Å². The van der Waals surface area contributed by atoms with E-state index in [0.717, 1.165) is 6.04 Å². The molecule has 92 valence electrons. The molecule has 1 aromatic carbocycles. The fraction of sp³-hybridized carbons (Fsp3) is 0.600. The summed E-state index contributed by atoms with van der Waals surface area (Å²) in [5.41, 5.74) is 1.83. The van der Waals surface area contributed by atoms with Gasteiger partial charge in [-0.2, -0.15) is 0 Å². The molecule has 1 aliphatic carbocycles. The lowest BCUT2D eigenvalue weighted by atomic mass is 9.63. The highest BCUT2D eigenvalue weighted by Gasteiger charge is 2.42. The summed E-state index contributed by atoms with van der Waals surface area (Å²) in [5.74, 6) is 0.380. The third-order valence-electron chi connectivity index (χ3n) is 4.87. The van der Waals surface area contributed by atoms with Crippen molar-refractivity contribution in [2.45, 2.75) is 43.6 Å². The fourth-order valence-electron chi connectivity index (χ4n) is 3.73. The zero-order chi connectivity index (χ0) is 11.9. The molecule has 1 saturated heterocycles. The maximum Gasteiger partial charge on any atom is 0.115 e. The van der Waals surface area contributed by atoms with Gasteiger partial charge in [-0.15, -0.1) is 0 Å². The van der Waals surface area contributed by atoms with E-state index < -0.39 is 0 Å². The third kappa shape index (κ3) is 1.85. The van der Waals surface area contributed by atoms with Crippen LogP contribution in [0.2, 0.25) is 0 Å². The van der Waals surface area contributed by atoms with E-state index >= 15 is 0 Å². The number of phenolic OH excluding ortho intramolecular Hbond substituents is 1. The van der Waals surface area contributed by atoms with Gasteiger partial charge in [0.25, 0.3) is 0 Å². The van der Waals surface area contributed by atoms with Gasteiger partial charge >= 0.3 is 0 Å². The Morgan fingerprint density at radius 3 is 2.76 bits per heavy atom. The van der Waals surface area contributed by atoms with E-state index in [1.165, 1.54) is 44.2 Å². The zero-order valence-corrected chi connectivity index (χ0v) is 10.5. The number of nitrogens with zero attached hydrogens (tertiary/aromatic N) is 1. The van der Waals surface area contributed by atoms with Gasteiger partial charge in [-0.25, -0.2) is 0 Å². The normalized spacial score (nSPS) is 33.6. The van der Waals surface area contributed by atoms with Gasteiger partial charge in [-0.1, -0.05) is 18.6 Å². The number of hydrogen-bond donors (Lipinski definition) is 1. The first-order valence-electron chi connectivity index (χ1n) is 6.69. The number of phenols is 1. The average molecular weight is 231 g/mol. The lowest BCUT2D eigenvalue weighted by Crippen LogP contribution is -2.50. The summed E-state index contributed by atoms with van der Waals surface area (Å²) in [7, 11) is 2.26. The van der Waals surface area contributed by atoms with Gasteiger partial charge in [-0.05, 0) is 62.4 Å². The molecule has 2 nitrogen and oxygen atoms in total. The van der Waals surface area contributed by atoms with E-state index in [0.29, 0.717) is 11.2 Å². The van der Waals surface area contributed by atoms with Crippen LogP contribution >= 0.6 is 0 Å². The van der Waals surface area contributed by atoms with E-state index in [-0.39, 0.29) is 0 Å². The van der Waals surface area contributed by atoms with Crippen molar-refractivity contribution in [2.24, 2.45) is 0 Å². The largest absolute Gasteiger partial charge is 0.508 e. The van der Waals surface area contributed by atoms with Gasteiger partial charge in [0.2, 0.25) is 0 Å². The molecule has 2 bridgehead atoms. The van der Waals surface area contributed by atoms with Gasteiger partial charge in [0, 0.05) is 6.04 Å². The van der Waals surface area contributed by atoms with E-state index in [4.69, 9.17) is 0 Å². The van der Waals surface area contributed by atoms with Gasteiger partial charge in [0.1, 0.15) is 5.75 Å². The van der Waals surface area contributed by atoms with Crippen molar-refractivity contribution in [1.82, 2.24) is 4.90 Å². The summed E-state index contributed by atoms with van der Waals surface area (Å²) >= 11 is 0. The summed E-state index contributed by atoms with van der Waals surface area (Å²) in [6.07, 6.45) is 6.59. The Hall–Kier alpha value is -1.02. The minimum Gasteiger partial charge on any atom is -0.508 e. The molecule has 1 aromatic rings. The minimum absolute atomic E-state index is 0.380. The maximum absolute atomic E-state index is 9.41. The molecule has 2 heteroatoms. The van der Waals surface area contributed by atoms with Crippen LogP contribution in [0.5, 0.6) is 5.75 Å². The summed E-state index contributed by atoms with van der Waals surface area (Å²) in [6.45, 7) is 1.21. The van der Waals surface area contributed by atoms with Gasteiger partial charge in [0.15, 0.2) is 0 Å². The molecular weight excluding hydrogens is 210 g/mol. The van der Waals surface area contributed by atoms with E-state index in [2.05, 4.69) is 24.1 Å². The van der Waals surface area contributed by atoms with Crippen LogP contribution in [-0.4, -0.2) is 29.6 Å². The number of benzene rings is 1. The molecule has 1 heterocycles. The van der Waals surface area contributed by atoms with E-state index in [1.54, 1.807) is 0 Å². The zero-order valence-electron chi connectivity index (χ0n) is 10.5. The lowest BCUT2D eigenvalue weighted by molar-refractivity contribution is 0.0720. The van der Waals surface area contributed by atoms with Crippen LogP contribution in [0.15, 0.2) is 24.3 Å². The Morgan fingerprint density at radius 2 is 2.00 bits per heavy atom. The van der Waals surface area contributed by atoms with Crippen LogP contribution in [0.25, 0.3) is 0 Å². The average Bonchev–Trinajstić information content (AvgIpc) is 2.36. The SMILES string of the molecule is CN1CCC2(c3ccc(O)cc3)CCCC1C2. The maximum atomic E-state index is 9.41. The predicted molar refractivity (Wildman–Crippen MR) is 69.3 cm³/mol. The van der Waals surface area contributed by atoms with Gasteiger partial charge in [-0.3, -0.25) is 0 Å². The molecular formula is C15H21NO. The smallest absolute Gasteiger partial charge is 0.115 e. The highest BCUT2D eigenvalue weighted by molar-refractivity contribution is 5.33. The second-order valence-electron chi connectivity index (χ2n) is 5.81. The van der Waals surface area contributed by atoms with E-state index in [9.17, 15) is 5.11 Å². The fourth-order valence-corrected chi connectivity index (χ4v) is 3.73. The number of aromatic hydroxyl groups is 1. The number of likely N-dealkylation sites (tertiary alicyclic amines) is 1. The molecule has 0 amide bonds. The standard InChI is InChI=1S/C15H21NO/c1-16-10-9-15(8-2-3-13(16)11-15)12-4-6-14(17)7-5-12/h4-7,13,17H,2-3,8-11H2,1H3. The van der Waals surface area contributed by atoms with Crippen LogP contribution in [0.1, 0.15) is 37.7 Å². The number of piperidine rings is 1. The third-order valence-corrected chi connectivity index (χ3v) is 4.87.